The minimum absolute atomic E-state index is 0.0669. The number of pyridine rings is 1. The van der Waals surface area contributed by atoms with Gasteiger partial charge in [-0.1, -0.05) is 18.2 Å². The van der Waals surface area contributed by atoms with Crippen LogP contribution < -0.4 is 10.6 Å². The quantitative estimate of drug-likeness (QED) is 0.198. The first kappa shape index (κ1) is 29.0. The summed E-state index contributed by atoms with van der Waals surface area (Å²) in [6, 6.07) is 21.0. The fourth-order valence-corrected chi connectivity index (χ4v) is 5.97. The van der Waals surface area contributed by atoms with Crippen LogP contribution in [0.4, 0.5) is 5.69 Å². The summed E-state index contributed by atoms with van der Waals surface area (Å²) in [4.78, 5) is 31.8. The first-order valence-electron chi connectivity index (χ1n) is 13.9. The Morgan fingerprint density at radius 2 is 1.79 bits per heavy atom. The molecule has 0 saturated carbocycles. The second-order valence-corrected chi connectivity index (χ2v) is 11.0. The highest BCUT2D eigenvalue weighted by atomic mass is 32.1. The third kappa shape index (κ3) is 5.78. The lowest BCUT2D eigenvalue weighted by Gasteiger charge is -2.28. The van der Waals surface area contributed by atoms with Crippen molar-refractivity contribution in [2.45, 2.75) is 46.2 Å². The van der Waals surface area contributed by atoms with Gasteiger partial charge in [-0.3, -0.25) is 9.78 Å². The zero-order chi connectivity index (χ0) is 30.0. The minimum Gasteiger partial charge on any atom is -0.465 e. The van der Waals surface area contributed by atoms with Gasteiger partial charge in [0, 0.05) is 41.9 Å². The Hall–Kier alpha value is -4.50. The fourth-order valence-electron chi connectivity index (χ4n) is 5.64. The molecule has 0 spiro atoms. The van der Waals surface area contributed by atoms with E-state index in [1.54, 1.807) is 18.3 Å². The SMILES string of the molecule is COC(=O)c1ccc(-n2c(C)cc(C3C(c4ccccn4)NC(=S)N3CCC(=O)Nc3cc(C)ccc3C)c2C)cc1. The van der Waals surface area contributed by atoms with Gasteiger partial charge >= 0.3 is 5.97 Å². The summed E-state index contributed by atoms with van der Waals surface area (Å²) in [6.45, 7) is 8.58. The number of carbonyl (C=O) groups excluding carboxylic acids is 2. The van der Waals surface area contributed by atoms with Crippen LogP contribution in [0.15, 0.2) is 72.9 Å². The molecule has 0 radical (unpaired) electrons. The molecule has 216 valence electrons. The molecule has 9 heteroatoms. The number of aromatic nitrogens is 2. The maximum Gasteiger partial charge on any atom is 0.337 e. The maximum atomic E-state index is 13.1. The third-order valence-corrected chi connectivity index (χ3v) is 8.13. The molecule has 1 aliphatic heterocycles. The minimum atomic E-state index is -0.371. The number of esters is 1. The van der Waals surface area contributed by atoms with Crippen LogP contribution in [0.25, 0.3) is 5.69 Å². The van der Waals surface area contributed by atoms with Crippen LogP contribution in [0.1, 0.15) is 62.6 Å². The molecule has 2 aromatic carbocycles. The molecule has 8 nitrogen and oxygen atoms in total. The van der Waals surface area contributed by atoms with Crippen molar-refractivity contribution in [2.24, 2.45) is 0 Å². The number of thiocarbonyl (C=S) groups is 1. The Balaban J connectivity index is 1.46. The van der Waals surface area contributed by atoms with Crippen LogP contribution in [-0.2, 0) is 9.53 Å². The van der Waals surface area contributed by atoms with Crippen molar-refractivity contribution in [1.82, 2.24) is 19.8 Å². The average molecular weight is 582 g/mol. The number of methoxy groups -OCH3 is 1. The lowest BCUT2D eigenvalue weighted by molar-refractivity contribution is -0.116. The van der Waals surface area contributed by atoms with E-state index in [0.717, 1.165) is 45.1 Å². The molecule has 2 N–H and O–H groups in total. The van der Waals surface area contributed by atoms with Gasteiger partial charge < -0.3 is 24.8 Å². The van der Waals surface area contributed by atoms with Crippen LogP contribution in [0.5, 0.6) is 0 Å². The molecule has 1 aliphatic rings. The number of aryl methyl sites for hydroxylation is 3. The largest absolute Gasteiger partial charge is 0.465 e. The normalized spacial score (nSPS) is 16.3. The number of nitrogens with zero attached hydrogens (tertiary/aromatic N) is 3. The van der Waals surface area contributed by atoms with E-state index < -0.39 is 0 Å². The number of benzene rings is 2. The van der Waals surface area contributed by atoms with Gasteiger partial charge in [-0.05, 0) is 105 Å². The molecular weight excluding hydrogens is 546 g/mol. The summed E-state index contributed by atoms with van der Waals surface area (Å²) in [7, 11) is 1.37. The first-order valence-corrected chi connectivity index (χ1v) is 14.3. The molecule has 42 heavy (non-hydrogen) atoms. The number of carbonyl (C=O) groups is 2. The van der Waals surface area contributed by atoms with Crippen LogP contribution in [0, 0.1) is 27.7 Å². The van der Waals surface area contributed by atoms with E-state index in [-0.39, 0.29) is 30.4 Å². The van der Waals surface area contributed by atoms with E-state index in [4.69, 9.17) is 17.0 Å². The molecule has 3 heterocycles. The zero-order valence-electron chi connectivity index (χ0n) is 24.5. The number of amides is 1. The van der Waals surface area contributed by atoms with Crippen LogP contribution in [0.2, 0.25) is 0 Å². The lowest BCUT2D eigenvalue weighted by atomic mass is 9.96. The Bertz CT molecular complexity index is 1630. The molecule has 1 fully saturated rings. The Kier molecular flexibility index (Phi) is 8.40. The summed E-state index contributed by atoms with van der Waals surface area (Å²) >= 11 is 5.85. The van der Waals surface area contributed by atoms with Crippen molar-refractivity contribution < 1.29 is 14.3 Å². The number of nitrogens with one attached hydrogen (secondary N) is 2. The number of rotatable bonds is 8. The molecule has 0 aliphatic carbocycles. The molecule has 5 rings (SSSR count). The van der Waals surface area contributed by atoms with Crippen molar-refractivity contribution in [2.75, 3.05) is 19.0 Å². The summed E-state index contributed by atoms with van der Waals surface area (Å²) in [6.07, 6.45) is 2.05. The highest BCUT2D eigenvalue weighted by molar-refractivity contribution is 7.80. The van der Waals surface area contributed by atoms with Crippen molar-refractivity contribution in [3.8, 4) is 5.69 Å². The number of hydrogen-bond acceptors (Lipinski definition) is 5. The summed E-state index contributed by atoms with van der Waals surface area (Å²) in [5, 5.41) is 7.14. The predicted octanol–water partition coefficient (Wildman–Crippen LogP) is 5.89. The second-order valence-electron chi connectivity index (χ2n) is 10.6. The zero-order valence-corrected chi connectivity index (χ0v) is 25.3. The van der Waals surface area contributed by atoms with Crippen molar-refractivity contribution in [1.29, 1.82) is 0 Å². The molecule has 2 unspecified atom stereocenters. The van der Waals surface area contributed by atoms with Crippen molar-refractivity contribution in [3.63, 3.8) is 0 Å². The Labute approximate surface area is 251 Å². The highest BCUT2D eigenvalue weighted by Gasteiger charge is 2.41. The second kappa shape index (κ2) is 12.2. The smallest absolute Gasteiger partial charge is 0.337 e. The van der Waals surface area contributed by atoms with E-state index in [0.29, 0.717) is 17.2 Å². The van der Waals surface area contributed by atoms with Gasteiger partial charge in [0.15, 0.2) is 5.11 Å². The van der Waals surface area contributed by atoms with Crippen molar-refractivity contribution >= 4 is 34.9 Å². The van der Waals surface area contributed by atoms with E-state index >= 15 is 0 Å². The van der Waals surface area contributed by atoms with Crippen molar-refractivity contribution in [3.05, 3.63) is 112 Å². The molecule has 4 aromatic rings. The third-order valence-electron chi connectivity index (χ3n) is 7.78. The monoisotopic (exact) mass is 581 g/mol. The van der Waals surface area contributed by atoms with E-state index in [9.17, 15) is 9.59 Å². The molecular formula is C33H35N5O3S. The number of anilines is 1. The van der Waals surface area contributed by atoms with Crippen LogP contribution >= 0.6 is 12.2 Å². The maximum absolute atomic E-state index is 13.1. The summed E-state index contributed by atoms with van der Waals surface area (Å²) < 4.78 is 7.02. The molecule has 2 aromatic heterocycles. The molecule has 1 amide bonds. The van der Waals surface area contributed by atoms with E-state index in [1.807, 2.05) is 62.4 Å². The summed E-state index contributed by atoms with van der Waals surface area (Å²) in [5.41, 5.74) is 8.41. The Morgan fingerprint density at radius 1 is 1.02 bits per heavy atom. The molecule has 1 saturated heterocycles. The van der Waals surface area contributed by atoms with Gasteiger partial charge in [0.2, 0.25) is 5.91 Å². The van der Waals surface area contributed by atoms with Gasteiger partial charge in [-0.2, -0.15) is 0 Å². The average Bonchev–Trinajstić information content (AvgIpc) is 3.47. The van der Waals surface area contributed by atoms with E-state index in [1.165, 1.54) is 7.11 Å². The molecule has 2 atom stereocenters. The lowest BCUT2D eigenvalue weighted by Crippen LogP contribution is -2.33. The number of ether oxygens (including phenoxy) is 1. The number of hydrogen-bond donors (Lipinski definition) is 2. The fraction of sp³-hybridized carbons (Fsp3) is 0.273. The van der Waals surface area contributed by atoms with Gasteiger partial charge in [0.25, 0.3) is 0 Å². The van der Waals surface area contributed by atoms with Gasteiger partial charge in [-0.15, -0.1) is 0 Å². The first-order chi connectivity index (χ1) is 20.2. The van der Waals surface area contributed by atoms with Crippen LogP contribution in [0.3, 0.4) is 0 Å². The molecule has 0 bridgehead atoms. The van der Waals surface area contributed by atoms with E-state index in [2.05, 4.69) is 45.0 Å². The van der Waals surface area contributed by atoms with Gasteiger partial charge in [-0.25, -0.2) is 4.79 Å². The van der Waals surface area contributed by atoms with Crippen LogP contribution in [-0.4, -0.2) is 45.1 Å². The topological polar surface area (TPSA) is 88.5 Å². The summed E-state index contributed by atoms with van der Waals surface area (Å²) in [5.74, 6) is -0.438. The Morgan fingerprint density at radius 3 is 2.48 bits per heavy atom. The standard InChI is InChI=1S/C33H35N5O3S/c1-20-9-10-21(2)28(18-20)35-29(39)15-17-37-31(30(36-33(37)42)27-8-6-7-16-34-27)26-19-22(3)38(23(26)4)25-13-11-24(12-14-25)32(40)41-5/h6-14,16,18-19,30-31H,15,17H2,1-5H3,(H,35,39)(H,36,42). The van der Waals surface area contributed by atoms with Gasteiger partial charge in [0.05, 0.1) is 30.5 Å². The highest BCUT2D eigenvalue weighted by Crippen LogP contribution is 2.41. The predicted molar refractivity (Wildman–Crippen MR) is 168 cm³/mol. The van der Waals surface area contributed by atoms with Gasteiger partial charge in [0.1, 0.15) is 0 Å².